The number of hydrogen-bond acceptors (Lipinski definition) is 5. The zero-order chi connectivity index (χ0) is 9.26. The second-order valence-corrected chi connectivity index (χ2v) is 4.73. The number of thiophene rings is 1. The van der Waals surface area contributed by atoms with Crippen molar-refractivity contribution in [2.24, 2.45) is 0 Å². The summed E-state index contributed by atoms with van der Waals surface area (Å²) in [5.74, 6) is 0. The van der Waals surface area contributed by atoms with Crippen molar-refractivity contribution in [3.63, 3.8) is 0 Å². The smallest absolute Gasteiger partial charge is 0.134 e. The van der Waals surface area contributed by atoms with Crippen LogP contribution in [-0.4, -0.2) is 13.9 Å². The van der Waals surface area contributed by atoms with E-state index in [1.54, 1.807) is 6.20 Å². The Balaban J connectivity index is 2.33. The highest BCUT2D eigenvalue weighted by Gasteiger charge is 2.16. The van der Waals surface area contributed by atoms with Crippen molar-refractivity contribution >= 4 is 39.0 Å². The molecular weight excluding hydrogens is 272 g/mol. The second-order valence-electron chi connectivity index (χ2n) is 2.37. The summed E-state index contributed by atoms with van der Waals surface area (Å²) in [6, 6.07) is 1.91. The molecule has 6 heteroatoms. The highest BCUT2D eigenvalue weighted by Crippen LogP contribution is 2.32. The van der Waals surface area contributed by atoms with Crippen LogP contribution >= 0.6 is 39.0 Å². The standard InChI is InChI=1S/C7H5BrN2OS2/c8-4-1-2-12-7(4)6(11)5-3-9-13-10-5/h1-3,6,11H. The summed E-state index contributed by atoms with van der Waals surface area (Å²) in [7, 11) is 0. The number of rotatable bonds is 2. The largest absolute Gasteiger partial charge is 0.381 e. The van der Waals surface area contributed by atoms with E-state index in [2.05, 4.69) is 24.7 Å². The first kappa shape index (κ1) is 9.26. The molecule has 2 rings (SSSR count). The minimum Gasteiger partial charge on any atom is -0.381 e. The van der Waals surface area contributed by atoms with Gasteiger partial charge in [-0.3, -0.25) is 0 Å². The quantitative estimate of drug-likeness (QED) is 0.917. The summed E-state index contributed by atoms with van der Waals surface area (Å²) in [4.78, 5) is 0.868. The fraction of sp³-hybridized carbons (Fsp3) is 0.143. The first-order valence-electron chi connectivity index (χ1n) is 3.47. The number of nitrogens with zero attached hydrogens (tertiary/aromatic N) is 2. The maximum absolute atomic E-state index is 9.84. The van der Waals surface area contributed by atoms with Crippen molar-refractivity contribution in [1.82, 2.24) is 8.75 Å². The van der Waals surface area contributed by atoms with Crippen LogP contribution in [0.5, 0.6) is 0 Å². The molecule has 1 N–H and O–H groups in total. The first-order valence-corrected chi connectivity index (χ1v) is 5.87. The third-order valence-corrected chi connectivity index (χ3v) is 3.97. The minimum atomic E-state index is -0.659. The zero-order valence-electron chi connectivity index (χ0n) is 6.35. The normalized spacial score (nSPS) is 13.1. The Labute approximate surface area is 91.5 Å². The van der Waals surface area contributed by atoms with Crippen LogP contribution in [0.1, 0.15) is 16.7 Å². The second kappa shape index (κ2) is 3.83. The molecule has 0 saturated heterocycles. The van der Waals surface area contributed by atoms with Gasteiger partial charge in [0.15, 0.2) is 0 Å². The molecule has 0 spiro atoms. The number of hydrogen-bond donors (Lipinski definition) is 1. The summed E-state index contributed by atoms with van der Waals surface area (Å²) in [5.41, 5.74) is 0.605. The molecule has 3 nitrogen and oxygen atoms in total. The molecule has 0 aliphatic carbocycles. The lowest BCUT2D eigenvalue weighted by molar-refractivity contribution is 0.219. The maximum Gasteiger partial charge on any atom is 0.134 e. The van der Waals surface area contributed by atoms with Crippen molar-refractivity contribution in [1.29, 1.82) is 0 Å². The molecule has 13 heavy (non-hydrogen) atoms. The average molecular weight is 277 g/mol. The Morgan fingerprint density at radius 3 is 2.92 bits per heavy atom. The summed E-state index contributed by atoms with van der Waals surface area (Å²) >= 11 is 5.95. The topological polar surface area (TPSA) is 46.0 Å². The summed E-state index contributed by atoms with van der Waals surface area (Å²) < 4.78 is 8.74. The van der Waals surface area contributed by atoms with Gasteiger partial charge in [-0.05, 0) is 27.4 Å². The van der Waals surface area contributed by atoms with Gasteiger partial charge < -0.3 is 5.11 Å². The highest BCUT2D eigenvalue weighted by molar-refractivity contribution is 9.10. The summed E-state index contributed by atoms with van der Waals surface area (Å²) in [6.45, 7) is 0. The minimum absolute atomic E-state index is 0.605. The van der Waals surface area contributed by atoms with E-state index in [0.717, 1.165) is 21.1 Å². The van der Waals surface area contributed by atoms with E-state index in [9.17, 15) is 5.11 Å². The molecule has 0 aromatic carbocycles. The van der Waals surface area contributed by atoms with Crippen LogP contribution in [0.3, 0.4) is 0 Å². The molecule has 0 bridgehead atoms. The Bertz CT molecular complexity index is 387. The van der Waals surface area contributed by atoms with Crippen molar-refractivity contribution in [3.8, 4) is 0 Å². The van der Waals surface area contributed by atoms with Crippen LogP contribution in [0.25, 0.3) is 0 Å². The van der Waals surface area contributed by atoms with Gasteiger partial charge in [-0.2, -0.15) is 8.75 Å². The monoisotopic (exact) mass is 276 g/mol. The predicted molar refractivity (Wildman–Crippen MR) is 56.0 cm³/mol. The lowest BCUT2D eigenvalue weighted by Crippen LogP contribution is -1.97. The van der Waals surface area contributed by atoms with Crippen LogP contribution in [0, 0.1) is 0 Å². The van der Waals surface area contributed by atoms with E-state index >= 15 is 0 Å². The fourth-order valence-corrected chi connectivity index (χ4v) is 2.96. The van der Waals surface area contributed by atoms with Crippen molar-refractivity contribution < 1.29 is 5.11 Å². The van der Waals surface area contributed by atoms with Crippen LogP contribution in [0.2, 0.25) is 0 Å². The first-order chi connectivity index (χ1) is 6.29. The fourth-order valence-electron chi connectivity index (χ4n) is 0.927. The van der Waals surface area contributed by atoms with E-state index in [0.29, 0.717) is 5.69 Å². The number of aliphatic hydroxyl groups is 1. The number of aliphatic hydroxyl groups excluding tert-OH is 1. The summed E-state index contributed by atoms with van der Waals surface area (Å²) in [5, 5.41) is 11.8. The molecule has 2 aromatic heterocycles. The van der Waals surface area contributed by atoms with Crippen LogP contribution < -0.4 is 0 Å². The molecule has 2 aromatic rings. The van der Waals surface area contributed by atoms with E-state index < -0.39 is 6.10 Å². The lowest BCUT2D eigenvalue weighted by atomic mass is 10.2. The SMILES string of the molecule is OC(c1cnsn1)c1sccc1Br. The third kappa shape index (κ3) is 1.80. The molecule has 1 unspecified atom stereocenters. The molecule has 0 amide bonds. The van der Waals surface area contributed by atoms with Crippen LogP contribution in [0.4, 0.5) is 0 Å². The van der Waals surface area contributed by atoms with Gasteiger partial charge in [-0.15, -0.1) is 11.3 Å². The zero-order valence-corrected chi connectivity index (χ0v) is 9.56. The molecule has 68 valence electrons. The molecule has 0 radical (unpaired) electrons. The van der Waals surface area contributed by atoms with Crippen molar-refractivity contribution in [2.45, 2.75) is 6.10 Å². The van der Waals surface area contributed by atoms with E-state index in [1.807, 2.05) is 11.4 Å². The molecule has 0 fully saturated rings. The van der Waals surface area contributed by atoms with Crippen molar-refractivity contribution in [2.75, 3.05) is 0 Å². The van der Waals surface area contributed by atoms with Crippen molar-refractivity contribution in [3.05, 3.63) is 32.7 Å². The molecule has 0 saturated carbocycles. The van der Waals surface area contributed by atoms with Gasteiger partial charge in [0.2, 0.25) is 0 Å². The Morgan fingerprint density at radius 1 is 1.54 bits per heavy atom. The van der Waals surface area contributed by atoms with Gasteiger partial charge in [-0.25, -0.2) is 0 Å². The lowest BCUT2D eigenvalue weighted by Gasteiger charge is -2.04. The molecule has 2 heterocycles. The van der Waals surface area contributed by atoms with Crippen LogP contribution in [-0.2, 0) is 0 Å². The summed E-state index contributed by atoms with van der Waals surface area (Å²) in [6.07, 6.45) is 0.926. The highest BCUT2D eigenvalue weighted by atomic mass is 79.9. The predicted octanol–water partition coefficient (Wildman–Crippen LogP) is 2.44. The van der Waals surface area contributed by atoms with Gasteiger partial charge in [0, 0.05) is 4.47 Å². The van der Waals surface area contributed by atoms with E-state index in [-0.39, 0.29) is 0 Å². The Kier molecular flexibility index (Phi) is 2.73. The number of aromatic nitrogens is 2. The Hall–Kier alpha value is -0.300. The van der Waals surface area contributed by atoms with Gasteiger partial charge in [0.1, 0.15) is 11.8 Å². The van der Waals surface area contributed by atoms with Gasteiger partial charge in [0.05, 0.1) is 22.8 Å². The molecule has 0 aliphatic rings. The molecular formula is C7H5BrN2OS2. The number of halogens is 1. The third-order valence-electron chi connectivity index (χ3n) is 1.55. The Morgan fingerprint density at radius 2 is 2.38 bits per heavy atom. The van der Waals surface area contributed by atoms with E-state index in [4.69, 9.17) is 0 Å². The van der Waals surface area contributed by atoms with Gasteiger partial charge in [-0.1, -0.05) is 0 Å². The van der Waals surface area contributed by atoms with Gasteiger partial charge >= 0.3 is 0 Å². The molecule has 1 atom stereocenters. The van der Waals surface area contributed by atoms with Crippen LogP contribution in [0.15, 0.2) is 22.1 Å². The maximum atomic E-state index is 9.84. The average Bonchev–Trinajstić information content (AvgIpc) is 2.72. The van der Waals surface area contributed by atoms with E-state index in [1.165, 1.54) is 11.3 Å². The van der Waals surface area contributed by atoms with Gasteiger partial charge in [0.25, 0.3) is 0 Å². The molecule has 0 aliphatic heterocycles.